The molecule has 0 radical (unpaired) electrons. The zero-order valence-corrected chi connectivity index (χ0v) is 7.90. The minimum atomic E-state index is 0.710. The maximum absolute atomic E-state index is 4.81. The van der Waals surface area contributed by atoms with Crippen molar-refractivity contribution in [2.24, 2.45) is 0 Å². The number of anilines is 1. The van der Waals surface area contributed by atoms with Gasteiger partial charge in [-0.2, -0.15) is 0 Å². The zero-order chi connectivity index (χ0) is 9.80. The first-order valence-electron chi connectivity index (χ1n) is 4.40. The summed E-state index contributed by atoms with van der Waals surface area (Å²) in [6, 6.07) is 3.92. The van der Waals surface area contributed by atoms with Gasteiger partial charge in [-0.05, 0) is 18.6 Å². The predicted molar refractivity (Wildman–Crippen MR) is 52.8 cm³/mol. The Bertz CT molecular complexity index is 397. The third-order valence-electron chi connectivity index (χ3n) is 1.93. The Morgan fingerprint density at radius 2 is 2.43 bits per heavy atom. The molecule has 0 fully saturated rings. The van der Waals surface area contributed by atoms with E-state index in [1.54, 1.807) is 12.5 Å². The predicted octanol–water partition coefficient (Wildman–Crippen LogP) is 1.99. The van der Waals surface area contributed by atoms with Crippen LogP contribution in [0.5, 0.6) is 0 Å². The molecule has 0 spiro atoms. The number of aryl methyl sites for hydroxylation is 1. The van der Waals surface area contributed by atoms with E-state index in [1.165, 1.54) is 0 Å². The summed E-state index contributed by atoms with van der Waals surface area (Å²) in [6.45, 7) is 2.66. The summed E-state index contributed by atoms with van der Waals surface area (Å²) in [5.41, 5.74) is 2.13. The van der Waals surface area contributed by atoms with Crippen molar-refractivity contribution in [1.82, 2.24) is 10.1 Å². The van der Waals surface area contributed by atoms with E-state index in [0.29, 0.717) is 6.54 Å². The highest BCUT2D eigenvalue weighted by Crippen LogP contribution is 2.11. The van der Waals surface area contributed by atoms with Crippen LogP contribution >= 0.6 is 0 Å². The van der Waals surface area contributed by atoms with Crippen molar-refractivity contribution in [3.05, 3.63) is 41.9 Å². The molecule has 2 rings (SSSR count). The average Bonchev–Trinajstić information content (AvgIpc) is 2.63. The molecule has 0 unspecified atom stereocenters. The van der Waals surface area contributed by atoms with Crippen LogP contribution in [0.1, 0.15) is 11.1 Å². The fourth-order valence-electron chi connectivity index (χ4n) is 1.15. The van der Waals surface area contributed by atoms with Crippen LogP contribution in [0.3, 0.4) is 0 Å². The number of hydrogen-bond acceptors (Lipinski definition) is 4. The van der Waals surface area contributed by atoms with Gasteiger partial charge in [0, 0.05) is 24.5 Å². The standard InChI is InChI=1S/C10H11N3O/c1-8-7-14-13-10(8)12-6-9-3-2-4-11-5-9/h2-5,7H,6H2,1H3,(H,12,13). The molecule has 2 aromatic heterocycles. The lowest BCUT2D eigenvalue weighted by Crippen LogP contribution is -2.00. The Kier molecular flexibility index (Phi) is 2.44. The molecule has 0 aliphatic rings. The second-order valence-electron chi connectivity index (χ2n) is 3.06. The van der Waals surface area contributed by atoms with Crippen LogP contribution in [0.4, 0.5) is 5.82 Å². The monoisotopic (exact) mass is 189 g/mol. The average molecular weight is 189 g/mol. The highest BCUT2D eigenvalue weighted by atomic mass is 16.5. The number of hydrogen-bond donors (Lipinski definition) is 1. The lowest BCUT2D eigenvalue weighted by molar-refractivity contribution is 0.421. The van der Waals surface area contributed by atoms with Crippen LogP contribution in [0.2, 0.25) is 0 Å². The third kappa shape index (κ3) is 1.90. The van der Waals surface area contributed by atoms with Crippen LogP contribution in [-0.4, -0.2) is 10.1 Å². The molecule has 4 heteroatoms. The Labute approximate surface area is 82.0 Å². The maximum Gasteiger partial charge on any atom is 0.172 e. The van der Waals surface area contributed by atoms with Gasteiger partial charge in [0.05, 0.1) is 0 Å². The van der Waals surface area contributed by atoms with Gasteiger partial charge in [-0.25, -0.2) is 0 Å². The van der Waals surface area contributed by atoms with Crippen molar-refractivity contribution in [3.8, 4) is 0 Å². The second kappa shape index (κ2) is 3.91. The molecule has 0 saturated heterocycles. The highest BCUT2D eigenvalue weighted by molar-refractivity contribution is 5.40. The lowest BCUT2D eigenvalue weighted by atomic mass is 10.3. The number of pyridine rings is 1. The van der Waals surface area contributed by atoms with Gasteiger partial charge in [0.15, 0.2) is 5.82 Å². The second-order valence-corrected chi connectivity index (χ2v) is 3.06. The van der Waals surface area contributed by atoms with Crippen molar-refractivity contribution in [1.29, 1.82) is 0 Å². The topological polar surface area (TPSA) is 51.0 Å². The smallest absolute Gasteiger partial charge is 0.172 e. The van der Waals surface area contributed by atoms with Crippen molar-refractivity contribution in [2.45, 2.75) is 13.5 Å². The minimum absolute atomic E-state index is 0.710. The van der Waals surface area contributed by atoms with Gasteiger partial charge in [-0.1, -0.05) is 11.2 Å². The van der Waals surface area contributed by atoms with E-state index >= 15 is 0 Å². The Morgan fingerprint density at radius 1 is 1.50 bits per heavy atom. The Balaban J connectivity index is 1.99. The Hall–Kier alpha value is -1.84. The van der Waals surface area contributed by atoms with Crippen molar-refractivity contribution in [3.63, 3.8) is 0 Å². The van der Waals surface area contributed by atoms with Gasteiger partial charge >= 0.3 is 0 Å². The quantitative estimate of drug-likeness (QED) is 0.802. The molecular formula is C10H11N3O. The molecule has 72 valence electrons. The molecule has 14 heavy (non-hydrogen) atoms. The summed E-state index contributed by atoms with van der Waals surface area (Å²) < 4.78 is 4.81. The molecule has 0 saturated carbocycles. The fourth-order valence-corrected chi connectivity index (χ4v) is 1.15. The van der Waals surface area contributed by atoms with E-state index in [9.17, 15) is 0 Å². The SMILES string of the molecule is Cc1conc1NCc1cccnc1. The van der Waals surface area contributed by atoms with E-state index in [-0.39, 0.29) is 0 Å². The zero-order valence-electron chi connectivity index (χ0n) is 7.90. The molecule has 0 aliphatic heterocycles. The third-order valence-corrected chi connectivity index (χ3v) is 1.93. The Morgan fingerprint density at radius 3 is 3.07 bits per heavy atom. The molecule has 1 N–H and O–H groups in total. The van der Waals surface area contributed by atoms with Gasteiger partial charge in [0.2, 0.25) is 0 Å². The molecule has 0 aromatic carbocycles. The largest absolute Gasteiger partial charge is 0.363 e. The van der Waals surface area contributed by atoms with Crippen molar-refractivity contribution < 1.29 is 4.52 Å². The van der Waals surface area contributed by atoms with E-state index in [0.717, 1.165) is 16.9 Å². The van der Waals surface area contributed by atoms with Gasteiger partial charge in [-0.3, -0.25) is 4.98 Å². The van der Waals surface area contributed by atoms with E-state index in [1.807, 2.05) is 25.3 Å². The molecule has 0 bridgehead atoms. The first kappa shape index (κ1) is 8.74. The van der Waals surface area contributed by atoms with Crippen molar-refractivity contribution >= 4 is 5.82 Å². The summed E-state index contributed by atoms with van der Waals surface area (Å²) in [6.07, 6.45) is 5.19. The number of aromatic nitrogens is 2. The van der Waals surface area contributed by atoms with E-state index in [2.05, 4.69) is 15.5 Å². The van der Waals surface area contributed by atoms with Crippen LogP contribution in [0, 0.1) is 6.92 Å². The van der Waals surface area contributed by atoms with Crippen LogP contribution < -0.4 is 5.32 Å². The van der Waals surface area contributed by atoms with Crippen LogP contribution in [-0.2, 0) is 6.54 Å². The van der Waals surface area contributed by atoms with Crippen LogP contribution in [0.15, 0.2) is 35.3 Å². The van der Waals surface area contributed by atoms with E-state index in [4.69, 9.17) is 4.52 Å². The maximum atomic E-state index is 4.81. The first-order valence-corrected chi connectivity index (χ1v) is 4.40. The molecule has 0 aliphatic carbocycles. The summed E-state index contributed by atoms with van der Waals surface area (Å²) in [4.78, 5) is 4.02. The number of nitrogens with one attached hydrogen (secondary N) is 1. The molecular weight excluding hydrogens is 178 g/mol. The summed E-state index contributed by atoms with van der Waals surface area (Å²) in [5, 5.41) is 6.99. The van der Waals surface area contributed by atoms with Crippen LogP contribution in [0.25, 0.3) is 0 Å². The van der Waals surface area contributed by atoms with Gasteiger partial charge in [-0.15, -0.1) is 0 Å². The molecule has 4 nitrogen and oxygen atoms in total. The molecule has 2 aromatic rings. The first-order chi connectivity index (χ1) is 6.86. The fraction of sp³-hybridized carbons (Fsp3) is 0.200. The van der Waals surface area contributed by atoms with Crippen molar-refractivity contribution in [2.75, 3.05) is 5.32 Å². The lowest BCUT2D eigenvalue weighted by Gasteiger charge is -2.02. The normalized spacial score (nSPS) is 10.1. The van der Waals surface area contributed by atoms with Gasteiger partial charge in [0.25, 0.3) is 0 Å². The molecule has 0 amide bonds. The van der Waals surface area contributed by atoms with E-state index < -0.39 is 0 Å². The van der Waals surface area contributed by atoms with Gasteiger partial charge < -0.3 is 9.84 Å². The minimum Gasteiger partial charge on any atom is -0.363 e. The highest BCUT2D eigenvalue weighted by Gasteiger charge is 2.01. The molecule has 2 heterocycles. The number of rotatable bonds is 3. The summed E-state index contributed by atoms with van der Waals surface area (Å²) in [5.74, 6) is 0.786. The number of nitrogens with zero attached hydrogens (tertiary/aromatic N) is 2. The molecule has 0 atom stereocenters. The summed E-state index contributed by atoms with van der Waals surface area (Å²) in [7, 11) is 0. The summed E-state index contributed by atoms with van der Waals surface area (Å²) >= 11 is 0. The van der Waals surface area contributed by atoms with Gasteiger partial charge in [0.1, 0.15) is 6.26 Å².